The van der Waals surface area contributed by atoms with Crippen molar-refractivity contribution in [1.29, 1.82) is 0 Å². The van der Waals surface area contributed by atoms with Crippen LogP contribution in [0.3, 0.4) is 0 Å². The van der Waals surface area contributed by atoms with Gasteiger partial charge in [-0.05, 0) is 55.1 Å². The molecular formula is C22H29N3O4S2. The second kappa shape index (κ2) is 7.22. The Morgan fingerprint density at radius 3 is 2.55 bits per heavy atom. The van der Waals surface area contributed by atoms with Gasteiger partial charge < -0.3 is 4.74 Å². The van der Waals surface area contributed by atoms with Gasteiger partial charge in [0, 0.05) is 19.0 Å². The van der Waals surface area contributed by atoms with Gasteiger partial charge in [-0.2, -0.15) is 13.1 Å². The van der Waals surface area contributed by atoms with E-state index in [2.05, 4.69) is 29.5 Å². The van der Waals surface area contributed by atoms with Crippen molar-refractivity contribution in [2.75, 3.05) is 13.1 Å². The second-order valence-corrected chi connectivity index (χ2v) is 12.6. The van der Waals surface area contributed by atoms with Crippen molar-refractivity contribution in [2.24, 2.45) is 22.7 Å². The van der Waals surface area contributed by atoms with Crippen molar-refractivity contribution in [1.82, 2.24) is 13.1 Å². The van der Waals surface area contributed by atoms with Crippen LogP contribution in [-0.4, -0.2) is 46.6 Å². The summed E-state index contributed by atoms with van der Waals surface area (Å²) in [6.07, 6.45) is 4.24. The molecular weight excluding hydrogens is 434 g/mol. The number of carbonyl (C=O) groups excluding carboxylic acids is 1. The van der Waals surface area contributed by atoms with Crippen molar-refractivity contribution in [3.8, 4) is 0 Å². The largest absolute Gasteiger partial charge is 0.462 e. The maximum atomic E-state index is 13.2. The molecule has 2 aromatic rings. The smallest absolute Gasteiger partial charge is 0.309 e. The van der Waals surface area contributed by atoms with Gasteiger partial charge in [0.15, 0.2) is 0 Å². The van der Waals surface area contributed by atoms with E-state index in [4.69, 9.17) is 4.74 Å². The summed E-state index contributed by atoms with van der Waals surface area (Å²) < 4.78 is 42.2. The summed E-state index contributed by atoms with van der Waals surface area (Å²) in [6, 6.07) is 5.03. The van der Waals surface area contributed by atoms with E-state index in [0.717, 1.165) is 24.6 Å². The fraction of sp³-hybridized carbons (Fsp3) is 0.682. The van der Waals surface area contributed by atoms with E-state index in [0.29, 0.717) is 42.9 Å². The Bertz CT molecular complexity index is 1120. The minimum Gasteiger partial charge on any atom is -0.462 e. The maximum Gasteiger partial charge on any atom is 0.309 e. The molecule has 0 radical (unpaired) electrons. The summed E-state index contributed by atoms with van der Waals surface area (Å²) in [5.41, 5.74) is 1.44. The van der Waals surface area contributed by atoms with Gasteiger partial charge in [-0.15, -0.1) is 0 Å². The molecule has 9 heteroatoms. The first-order chi connectivity index (χ1) is 14.6. The van der Waals surface area contributed by atoms with Crippen LogP contribution in [-0.2, 0) is 19.6 Å². The molecule has 3 atom stereocenters. The lowest BCUT2D eigenvalue weighted by Crippen LogP contribution is -2.41. The predicted molar refractivity (Wildman–Crippen MR) is 118 cm³/mol. The molecule has 3 fully saturated rings. The number of fused-ring (bicyclic) bond motifs is 3. The Balaban J connectivity index is 1.24. The van der Waals surface area contributed by atoms with E-state index in [9.17, 15) is 13.2 Å². The van der Waals surface area contributed by atoms with Crippen LogP contribution in [0.4, 0.5) is 0 Å². The molecule has 0 N–H and O–H groups in total. The Hall–Kier alpha value is -1.58. The predicted octanol–water partition coefficient (Wildman–Crippen LogP) is 3.85. The van der Waals surface area contributed by atoms with Crippen molar-refractivity contribution in [2.45, 2.75) is 63.9 Å². The molecule has 0 spiro atoms. The first kappa shape index (κ1) is 21.3. The van der Waals surface area contributed by atoms with Crippen molar-refractivity contribution in [3.05, 3.63) is 18.2 Å². The van der Waals surface area contributed by atoms with Crippen molar-refractivity contribution < 1.29 is 17.9 Å². The van der Waals surface area contributed by atoms with Gasteiger partial charge in [-0.3, -0.25) is 4.79 Å². The maximum absolute atomic E-state index is 13.2. The van der Waals surface area contributed by atoms with E-state index < -0.39 is 10.0 Å². The van der Waals surface area contributed by atoms with Gasteiger partial charge in [0.2, 0.25) is 10.0 Å². The number of esters is 1. The zero-order valence-corrected chi connectivity index (χ0v) is 19.8. The molecule has 2 saturated carbocycles. The number of nitrogens with zero attached hydrogens (tertiary/aromatic N) is 3. The number of carbonyl (C=O) groups is 1. The molecule has 2 heterocycles. The fourth-order valence-electron chi connectivity index (χ4n) is 6.04. The summed E-state index contributed by atoms with van der Waals surface area (Å²) in [5, 5.41) is 0. The van der Waals surface area contributed by atoms with Gasteiger partial charge in [0.25, 0.3) is 0 Å². The van der Waals surface area contributed by atoms with Crippen LogP contribution in [0.5, 0.6) is 0 Å². The van der Waals surface area contributed by atoms with Crippen LogP contribution in [0.1, 0.15) is 52.9 Å². The average Bonchev–Trinajstić information content (AvgIpc) is 3.35. The third kappa shape index (κ3) is 3.23. The van der Waals surface area contributed by atoms with E-state index in [1.54, 1.807) is 18.2 Å². The number of aromatic nitrogens is 2. The average molecular weight is 464 g/mol. The molecule has 1 saturated heterocycles. The molecule has 2 aliphatic carbocycles. The number of ether oxygens (including phenoxy) is 1. The fourth-order valence-corrected chi connectivity index (χ4v) is 8.26. The number of rotatable bonds is 4. The molecule has 1 aromatic carbocycles. The van der Waals surface area contributed by atoms with Crippen molar-refractivity contribution in [3.63, 3.8) is 0 Å². The number of hydrogen-bond donors (Lipinski definition) is 0. The lowest BCUT2D eigenvalue weighted by atomic mass is 9.71. The third-order valence-corrected chi connectivity index (χ3v) is 11.0. The lowest BCUT2D eigenvalue weighted by molar-refractivity contribution is -0.158. The van der Waals surface area contributed by atoms with E-state index >= 15 is 0 Å². The Morgan fingerprint density at radius 1 is 1.16 bits per heavy atom. The van der Waals surface area contributed by atoms with Gasteiger partial charge in [-0.25, -0.2) is 8.42 Å². The standard InChI is InChI=1S/C22H29N3O4S2/c1-21(2)15-7-10-22(21,3)13-17(15)29-20(26)14-8-11-25(12-9-14)31(27,28)18-6-4-5-16-19(18)24-30-23-16/h4-6,14-15,17H,7-13H2,1-3H3. The number of benzene rings is 1. The third-order valence-electron chi connectivity index (χ3n) is 8.51. The van der Waals surface area contributed by atoms with E-state index in [-0.39, 0.29) is 33.7 Å². The summed E-state index contributed by atoms with van der Waals surface area (Å²) in [6.45, 7) is 7.56. The number of hydrogen-bond acceptors (Lipinski definition) is 7. The van der Waals surface area contributed by atoms with Crippen LogP contribution >= 0.6 is 11.7 Å². The second-order valence-electron chi connectivity index (χ2n) is 10.2. The van der Waals surface area contributed by atoms with Gasteiger partial charge in [0.1, 0.15) is 22.0 Å². The Kier molecular flexibility index (Phi) is 4.95. The van der Waals surface area contributed by atoms with Gasteiger partial charge >= 0.3 is 5.97 Å². The minimum atomic E-state index is -3.68. The molecule has 2 bridgehead atoms. The highest BCUT2D eigenvalue weighted by Crippen LogP contribution is 2.66. The summed E-state index contributed by atoms with van der Waals surface area (Å²) in [7, 11) is -3.68. The van der Waals surface area contributed by atoms with Gasteiger partial charge in [0.05, 0.1) is 17.6 Å². The van der Waals surface area contributed by atoms with E-state index in [1.165, 1.54) is 10.7 Å². The number of sulfonamides is 1. The Morgan fingerprint density at radius 2 is 1.90 bits per heavy atom. The first-order valence-electron chi connectivity index (χ1n) is 11.1. The molecule has 3 aliphatic rings. The van der Waals surface area contributed by atoms with Crippen LogP contribution in [0.2, 0.25) is 0 Å². The molecule has 31 heavy (non-hydrogen) atoms. The highest BCUT2D eigenvalue weighted by molar-refractivity contribution is 7.89. The Labute approximate surface area is 187 Å². The van der Waals surface area contributed by atoms with Crippen LogP contribution < -0.4 is 0 Å². The monoisotopic (exact) mass is 463 g/mol. The highest BCUT2D eigenvalue weighted by atomic mass is 32.2. The first-order valence-corrected chi connectivity index (χ1v) is 13.2. The number of piperidine rings is 1. The summed E-state index contributed by atoms with van der Waals surface area (Å²) in [4.78, 5) is 13.1. The van der Waals surface area contributed by atoms with Crippen LogP contribution in [0.25, 0.3) is 11.0 Å². The lowest BCUT2D eigenvalue weighted by Gasteiger charge is -2.33. The van der Waals surface area contributed by atoms with E-state index in [1.807, 2.05) is 0 Å². The normalized spacial score (nSPS) is 31.3. The quantitative estimate of drug-likeness (QED) is 0.640. The summed E-state index contributed by atoms with van der Waals surface area (Å²) >= 11 is 1.01. The molecule has 3 unspecified atom stereocenters. The highest BCUT2D eigenvalue weighted by Gasteiger charge is 2.61. The zero-order chi connectivity index (χ0) is 22.0. The molecule has 0 amide bonds. The van der Waals surface area contributed by atoms with Crippen LogP contribution in [0, 0.1) is 22.7 Å². The molecule has 168 valence electrons. The minimum absolute atomic E-state index is 0.00206. The molecule has 1 aliphatic heterocycles. The summed E-state index contributed by atoms with van der Waals surface area (Å²) in [5.74, 6) is 0.0344. The SMILES string of the molecule is CC12CCC(C(OC(=O)C3CCN(S(=O)(=O)c4cccc5nsnc45)CC3)C1)C2(C)C. The zero-order valence-electron chi connectivity index (χ0n) is 18.2. The molecule has 7 nitrogen and oxygen atoms in total. The van der Waals surface area contributed by atoms with Gasteiger partial charge in [-0.1, -0.05) is 26.8 Å². The van der Waals surface area contributed by atoms with Crippen LogP contribution in [0.15, 0.2) is 23.1 Å². The topological polar surface area (TPSA) is 89.5 Å². The van der Waals surface area contributed by atoms with Crippen molar-refractivity contribution >= 4 is 38.8 Å². The molecule has 5 rings (SSSR count). The molecule has 1 aromatic heterocycles.